The van der Waals surface area contributed by atoms with Gasteiger partial charge in [0.15, 0.2) is 0 Å². The molecule has 2 aromatic carbocycles. The molecule has 0 fully saturated rings. The summed E-state index contributed by atoms with van der Waals surface area (Å²) in [4.78, 5) is 14.7. The minimum absolute atomic E-state index is 0.0463. The lowest BCUT2D eigenvalue weighted by molar-refractivity contribution is 0.188. The Bertz CT molecular complexity index is 977. The highest BCUT2D eigenvalue weighted by atomic mass is 16.5. The zero-order chi connectivity index (χ0) is 18.8. The molecule has 0 saturated carbocycles. The van der Waals surface area contributed by atoms with Gasteiger partial charge in [0, 0.05) is 49.5 Å². The van der Waals surface area contributed by atoms with Crippen LogP contribution in [0.1, 0.15) is 16.7 Å². The second kappa shape index (κ2) is 7.45. The summed E-state index contributed by atoms with van der Waals surface area (Å²) in [5.74, 6) is 0. The van der Waals surface area contributed by atoms with E-state index in [2.05, 4.69) is 34.3 Å². The number of carbonyl (C=O) groups excluding carboxylic acids is 1. The summed E-state index contributed by atoms with van der Waals surface area (Å²) in [5, 5.41) is 4.33. The van der Waals surface area contributed by atoms with Gasteiger partial charge in [0.1, 0.15) is 0 Å². The number of urea groups is 1. The average Bonchev–Trinajstić information content (AvgIpc) is 2.90. The fourth-order valence-electron chi connectivity index (χ4n) is 3.85. The highest BCUT2D eigenvalue weighted by Crippen LogP contribution is 2.29. The minimum atomic E-state index is -0.0463. The molecule has 1 aliphatic rings. The lowest BCUT2D eigenvalue weighted by atomic mass is 10.1. The Morgan fingerprint density at radius 2 is 2.04 bits per heavy atom. The fraction of sp³-hybridized carbons (Fsp3) is 0.318. The molecule has 27 heavy (non-hydrogen) atoms. The standard InChI is InChI=1S/C22H25N3O2/c1-16-5-3-7-19(13-16)23-22(26)25-10-9-18-14-24(11-12-27-2)20-8-4-6-17(15-25)21(18)20/h3-8,13-14H,9-12,15H2,1-2H3,(H,23,26). The van der Waals surface area contributed by atoms with Gasteiger partial charge in [-0.1, -0.05) is 24.3 Å². The Hall–Kier alpha value is -2.79. The Kier molecular flexibility index (Phi) is 4.86. The highest BCUT2D eigenvalue weighted by molar-refractivity contribution is 5.92. The molecule has 4 rings (SSSR count). The molecular weight excluding hydrogens is 338 g/mol. The van der Waals surface area contributed by atoms with Gasteiger partial charge in [0.05, 0.1) is 6.61 Å². The number of anilines is 1. The predicted molar refractivity (Wildman–Crippen MR) is 108 cm³/mol. The molecule has 0 spiro atoms. The molecule has 0 aliphatic carbocycles. The first-order chi connectivity index (χ1) is 13.2. The third kappa shape index (κ3) is 3.55. The van der Waals surface area contributed by atoms with E-state index in [1.165, 1.54) is 22.0 Å². The van der Waals surface area contributed by atoms with E-state index >= 15 is 0 Å². The largest absolute Gasteiger partial charge is 0.383 e. The van der Waals surface area contributed by atoms with E-state index in [1.54, 1.807) is 7.11 Å². The summed E-state index contributed by atoms with van der Waals surface area (Å²) in [5.41, 5.74) is 5.71. The summed E-state index contributed by atoms with van der Waals surface area (Å²) in [7, 11) is 1.73. The van der Waals surface area contributed by atoms with E-state index in [0.717, 1.165) is 24.2 Å². The van der Waals surface area contributed by atoms with Crippen molar-refractivity contribution in [1.29, 1.82) is 0 Å². The molecule has 140 valence electrons. The number of hydrogen-bond acceptors (Lipinski definition) is 2. The second-order valence-electron chi connectivity index (χ2n) is 7.12. The van der Waals surface area contributed by atoms with Crippen LogP contribution in [0.15, 0.2) is 48.7 Å². The van der Waals surface area contributed by atoms with E-state index in [-0.39, 0.29) is 6.03 Å². The fourth-order valence-corrected chi connectivity index (χ4v) is 3.85. The molecule has 2 heterocycles. The molecular formula is C22H25N3O2. The molecule has 0 unspecified atom stereocenters. The maximum absolute atomic E-state index is 12.8. The van der Waals surface area contributed by atoms with Gasteiger partial charge < -0.3 is 19.5 Å². The Morgan fingerprint density at radius 1 is 1.19 bits per heavy atom. The van der Waals surface area contributed by atoms with Crippen molar-refractivity contribution in [3.05, 3.63) is 65.4 Å². The molecule has 2 amide bonds. The molecule has 0 radical (unpaired) electrons. The van der Waals surface area contributed by atoms with Crippen LogP contribution in [0.2, 0.25) is 0 Å². The van der Waals surface area contributed by atoms with E-state index < -0.39 is 0 Å². The summed E-state index contributed by atoms with van der Waals surface area (Å²) in [6.45, 7) is 4.89. The number of hydrogen-bond donors (Lipinski definition) is 1. The molecule has 0 bridgehead atoms. The predicted octanol–water partition coefficient (Wildman–Crippen LogP) is 4.19. The molecule has 0 saturated heterocycles. The number of nitrogens with one attached hydrogen (secondary N) is 1. The van der Waals surface area contributed by atoms with E-state index in [1.807, 2.05) is 36.1 Å². The van der Waals surface area contributed by atoms with Crippen molar-refractivity contribution in [3.63, 3.8) is 0 Å². The number of benzene rings is 2. The number of ether oxygens (including phenoxy) is 1. The van der Waals surface area contributed by atoms with E-state index in [9.17, 15) is 4.79 Å². The average molecular weight is 363 g/mol. The number of nitrogens with zero attached hydrogens (tertiary/aromatic N) is 2. The first-order valence-corrected chi connectivity index (χ1v) is 9.37. The number of aryl methyl sites for hydroxylation is 1. The van der Waals surface area contributed by atoms with Gasteiger partial charge in [-0.05, 0) is 48.2 Å². The topological polar surface area (TPSA) is 46.5 Å². The van der Waals surface area contributed by atoms with Crippen LogP contribution in [-0.2, 0) is 24.2 Å². The van der Waals surface area contributed by atoms with Crippen molar-refractivity contribution in [2.45, 2.75) is 26.4 Å². The summed E-state index contributed by atoms with van der Waals surface area (Å²) < 4.78 is 7.50. The number of aromatic nitrogens is 1. The van der Waals surface area contributed by atoms with Crippen LogP contribution in [0.3, 0.4) is 0 Å². The van der Waals surface area contributed by atoms with Gasteiger partial charge in [-0.25, -0.2) is 4.79 Å². The Labute approximate surface area is 159 Å². The van der Waals surface area contributed by atoms with E-state index in [0.29, 0.717) is 19.7 Å². The third-order valence-corrected chi connectivity index (χ3v) is 5.18. The van der Waals surface area contributed by atoms with Gasteiger partial charge in [0.2, 0.25) is 0 Å². The van der Waals surface area contributed by atoms with Crippen molar-refractivity contribution in [1.82, 2.24) is 9.47 Å². The zero-order valence-electron chi connectivity index (χ0n) is 15.9. The quantitative estimate of drug-likeness (QED) is 0.756. The van der Waals surface area contributed by atoms with Gasteiger partial charge in [-0.15, -0.1) is 0 Å². The van der Waals surface area contributed by atoms with Gasteiger partial charge in [-0.3, -0.25) is 0 Å². The Morgan fingerprint density at radius 3 is 2.85 bits per heavy atom. The zero-order valence-corrected chi connectivity index (χ0v) is 15.9. The SMILES string of the molecule is COCCn1cc2c3c(cccc31)CN(C(=O)Nc1cccc(C)c1)CC2. The number of amides is 2. The molecule has 3 aromatic rings. The highest BCUT2D eigenvalue weighted by Gasteiger charge is 2.22. The number of methoxy groups -OCH3 is 1. The normalized spacial score (nSPS) is 13.6. The summed E-state index contributed by atoms with van der Waals surface area (Å²) in [6, 6.07) is 14.2. The molecule has 1 aliphatic heterocycles. The van der Waals surface area contributed by atoms with Crippen LogP contribution in [-0.4, -0.2) is 35.8 Å². The summed E-state index contributed by atoms with van der Waals surface area (Å²) in [6.07, 6.45) is 3.07. The van der Waals surface area contributed by atoms with Crippen molar-refractivity contribution in [2.24, 2.45) is 0 Å². The monoisotopic (exact) mass is 363 g/mol. The van der Waals surface area contributed by atoms with Crippen LogP contribution in [0.25, 0.3) is 10.9 Å². The molecule has 1 aromatic heterocycles. The minimum Gasteiger partial charge on any atom is -0.383 e. The smallest absolute Gasteiger partial charge is 0.322 e. The van der Waals surface area contributed by atoms with Crippen LogP contribution < -0.4 is 5.32 Å². The molecule has 1 N–H and O–H groups in total. The van der Waals surface area contributed by atoms with Gasteiger partial charge in [0.25, 0.3) is 0 Å². The maximum atomic E-state index is 12.8. The Balaban J connectivity index is 1.58. The number of carbonyl (C=O) groups is 1. The van der Waals surface area contributed by atoms with Gasteiger partial charge >= 0.3 is 6.03 Å². The van der Waals surface area contributed by atoms with Crippen LogP contribution in [0, 0.1) is 6.92 Å². The van der Waals surface area contributed by atoms with Crippen molar-refractivity contribution >= 4 is 22.6 Å². The van der Waals surface area contributed by atoms with Crippen molar-refractivity contribution in [2.75, 3.05) is 25.6 Å². The number of rotatable bonds is 4. The lowest BCUT2D eigenvalue weighted by Crippen LogP contribution is -2.35. The summed E-state index contributed by atoms with van der Waals surface area (Å²) >= 11 is 0. The first kappa shape index (κ1) is 17.6. The van der Waals surface area contributed by atoms with E-state index in [4.69, 9.17) is 4.74 Å². The van der Waals surface area contributed by atoms with Crippen LogP contribution >= 0.6 is 0 Å². The molecule has 5 heteroatoms. The van der Waals surface area contributed by atoms with Crippen molar-refractivity contribution in [3.8, 4) is 0 Å². The third-order valence-electron chi connectivity index (χ3n) is 5.18. The van der Waals surface area contributed by atoms with Crippen molar-refractivity contribution < 1.29 is 9.53 Å². The molecule has 0 atom stereocenters. The molecule has 5 nitrogen and oxygen atoms in total. The maximum Gasteiger partial charge on any atom is 0.322 e. The lowest BCUT2D eigenvalue weighted by Gasteiger charge is -2.22. The van der Waals surface area contributed by atoms with Gasteiger partial charge in [-0.2, -0.15) is 0 Å². The second-order valence-corrected chi connectivity index (χ2v) is 7.12. The first-order valence-electron chi connectivity index (χ1n) is 9.37. The van der Waals surface area contributed by atoms with Crippen LogP contribution in [0.4, 0.5) is 10.5 Å². The van der Waals surface area contributed by atoms with Crippen LogP contribution in [0.5, 0.6) is 0 Å².